The van der Waals surface area contributed by atoms with Crippen LogP contribution < -0.4 is 15.0 Å². The standard InChI is InChI=1S/C15H22N2O/c1-18-15-11-12(17-8-3-2-4-9-17)10-14-13(15)6-5-7-16-14/h10-11,16H,2-9H2,1H3. The molecule has 1 N–H and O–H groups in total. The summed E-state index contributed by atoms with van der Waals surface area (Å²) in [7, 11) is 1.78. The maximum Gasteiger partial charge on any atom is 0.126 e. The van der Waals surface area contributed by atoms with Crippen LogP contribution in [0.5, 0.6) is 5.75 Å². The van der Waals surface area contributed by atoms with Crippen molar-refractivity contribution in [1.82, 2.24) is 0 Å². The third kappa shape index (κ3) is 2.14. The molecule has 3 heteroatoms. The van der Waals surface area contributed by atoms with Gasteiger partial charge in [0.05, 0.1) is 7.11 Å². The van der Waals surface area contributed by atoms with E-state index in [0.717, 1.165) is 18.7 Å². The van der Waals surface area contributed by atoms with Crippen molar-refractivity contribution in [2.24, 2.45) is 0 Å². The predicted octanol–water partition coefficient (Wildman–Crippen LogP) is 3.04. The summed E-state index contributed by atoms with van der Waals surface area (Å²) in [6.45, 7) is 3.45. The molecule has 2 heterocycles. The summed E-state index contributed by atoms with van der Waals surface area (Å²) in [6, 6.07) is 4.53. The van der Waals surface area contributed by atoms with E-state index in [2.05, 4.69) is 22.3 Å². The number of hydrogen-bond donors (Lipinski definition) is 1. The number of ether oxygens (including phenoxy) is 1. The van der Waals surface area contributed by atoms with Gasteiger partial charge in [0.2, 0.25) is 0 Å². The molecular weight excluding hydrogens is 224 g/mol. The van der Waals surface area contributed by atoms with Crippen LogP contribution in [0.1, 0.15) is 31.2 Å². The Morgan fingerprint density at radius 2 is 1.94 bits per heavy atom. The molecule has 0 radical (unpaired) electrons. The molecule has 0 amide bonds. The van der Waals surface area contributed by atoms with Gasteiger partial charge in [-0.15, -0.1) is 0 Å². The Kier molecular flexibility index (Phi) is 3.31. The van der Waals surface area contributed by atoms with Crippen LogP contribution in [0.25, 0.3) is 0 Å². The van der Waals surface area contributed by atoms with Crippen molar-refractivity contribution in [3.63, 3.8) is 0 Å². The van der Waals surface area contributed by atoms with Gasteiger partial charge in [0.15, 0.2) is 0 Å². The number of nitrogens with zero attached hydrogens (tertiary/aromatic N) is 1. The summed E-state index contributed by atoms with van der Waals surface area (Å²) in [5.74, 6) is 1.06. The number of anilines is 2. The topological polar surface area (TPSA) is 24.5 Å². The van der Waals surface area contributed by atoms with E-state index in [4.69, 9.17) is 4.74 Å². The molecule has 1 aromatic rings. The first-order chi connectivity index (χ1) is 8.88. The molecule has 1 saturated heterocycles. The Morgan fingerprint density at radius 1 is 1.11 bits per heavy atom. The molecule has 98 valence electrons. The molecule has 2 aliphatic heterocycles. The smallest absolute Gasteiger partial charge is 0.126 e. The Labute approximate surface area is 109 Å². The van der Waals surface area contributed by atoms with E-state index in [1.165, 1.54) is 55.7 Å². The molecule has 3 rings (SSSR count). The second-order valence-electron chi connectivity index (χ2n) is 5.25. The maximum atomic E-state index is 5.58. The monoisotopic (exact) mass is 246 g/mol. The molecule has 18 heavy (non-hydrogen) atoms. The minimum atomic E-state index is 1.06. The fourth-order valence-electron chi connectivity index (χ4n) is 3.05. The predicted molar refractivity (Wildman–Crippen MR) is 75.9 cm³/mol. The SMILES string of the molecule is COc1cc(N2CCCCC2)cc2c1CCCN2. The van der Waals surface area contributed by atoms with Gasteiger partial charge in [-0.3, -0.25) is 0 Å². The summed E-state index contributed by atoms with van der Waals surface area (Å²) < 4.78 is 5.58. The van der Waals surface area contributed by atoms with Gasteiger partial charge < -0.3 is 15.0 Å². The summed E-state index contributed by atoms with van der Waals surface area (Å²) in [5.41, 5.74) is 3.95. The molecule has 0 aromatic heterocycles. The van der Waals surface area contributed by atoms with Gasteiger partial charge >= 0.3 is 0 Å². The van der Waals surface area contributed by atoms with Crippen LogP contribution in [-0.4, -0.2) is 26.7 Å². The average Bonchev–Trinajstić information content (AvgIpc) is 2.47. The molecule has 0 atom stereocenters. The lowest BCUT2D eigenvalue weighted by molar-refractivity contribution is 0.408. The van der Waals surface area contributed by atoms with Crippen LogP contribution in [0.4, 0.5) is 11.4 Å². The molecule has 3 nitrogen and oxygen atoms in total. The van der Waals surface area contributed by atoms with E-state index in [9.17, 15) is 0 Å². The molecule has 0 unspecified atom stereocenters. The zero-order valence-corrected chi connectivity index (χ0v) is 11.2. The first kappa shape index (κ1) is 11.7. The van der Waals surface area contributed by atoms with Gasteiger partial charge in [0.1, 0.15) is 5.75 Å². The highest BCUT2D eigenvalue weighted by atomic mass is 16.5. The van der Waals surface area contributed by atoms with E-state index in [1.807, 2.05) is 0 Å². The van der Waals surface area contributed by atoms with E-state index in [0.29, 0.717) is 0 Å². The van der Waals surface area contributed by atoms with Gasteiger partial charge in [-0.2, -0.15) is 0 Å². The van der Waals surface area contributed by atoms with Crippen LogP contribution in [0.3, 0.4) is 0 Å². The van der Waals surface area contributed by atoms with Crippen LogP contribution in [0.2, 0.25) is 0 Å². The second-order valence-corrected chi connectivity index (χ2v) is 5.25. The Morgan fingerprint density at radius 3 is 2.72 bits per heavy atom. The van der Waals surface area contributed by atoms with Gasteiger partial charge in [0, 0.05) is 42.6 Å². The van der Waals surface area contributed by atoms with Crippen LogP contribution in [0.15, 0.2) is 12.1 Å². The Hall–Kier alpha value is -1.38. The van der Waals surface area contributed by atoms with Crippen LogP contribution in [0, 0.1) is 0 Å². The molecule has 0 saturated carbocycles. The number of rotatable bonds is 2. The lowest BCUT2D eigenvalue weighted by Gasteiger charge is -2.31. The van der Waals surface area contributed by atoms with E-state index < -0.39 is 0 Å². The number of benzene rings is 1. The summed E-state index contributed by atoms with van der Waals surface area (Å²) >= 11 is 0. The Bertz CT molecular complexity index is 407. The molecule has 2 aliphatic rings. The summed E-state index contributed by atoms with van der Waals surface area (Å²) in [4.78, 5) is 2.49. The minimum absolute atomic E-state index is 1.06. The van der Waals surface area contributed by atoms with Gasteiger partial charge in [-0.25, -0.2) is 0 Å². The summed E-state index contributed by atoms with van der Waals surface area (Å²) in [5, 5.41) is 3.51. The molecular formula is C15H22N2O. The molecule has 0 spiro atoms. The van der Waals surface area contributed by atoms with Crippen molar-refractivity contribution in [1.29, 1.82) is 0 Å². The number of nitrogens with one attached hydrogen (secondary N) is 1. The average molecular weight is 246 g/mol. The zero-order chi connectivity index (χ0) is 12.4. The maximum absolute atomic E-state index is 5.58. The quantitative estimate of drug-likeness (QED) is 0.868. The highest BCUT2D eigenvalue weighted by molar-refractivity contribution is 5.68. The van der Waals surface area contributed by atoms with E-state index in [-0.39, 0.29) is 0 Å². The van der Waals surface area contributed by atoms with Crippen molar-refractivity contribution < 1.29 is 4.74 Å². The third-order valence-electron chi connectivity index (χ3n) is 4.05. The Balaban J connectivity index is 1.94. The summed E-state index contributed by atoms with van der Waals surface area (Å²) in [6.07, 6.45) is 6.33. The minimum Gasteiger partial charge on any atom is -0.496 e. The lowest BCUT2D eigenvalue weighted by atomic mass is 10.0. The first-order valence-corrected chi connectivity index (χ1v) is 7.08. The highest BCUT2D eigenvalue weighted by Crippen LogP contribution is 2.36. The van der Waals surface area contributed by atoms with Crippen LogP contribution >= 0.6 is 0 Å². The lowest BCUT2D eigenvalue weighted by Crippen LogP contribution is -2.29. The number of methoxy groups -OCH3 is 1. The highest BCUT2D eigenvalue weighted by Gasteiger charge is 2.18. The second kappa shape index (κ2) is 5.09. The van der Waals surface area contributed by atoms with Crippen molar-refractivity contribution in [3.8, 4) is 5.75 Å². The normalized spacial score (nSPS) is 19.1. The van der Waals surface area contributed by atoms with E-state index in [1.54, 1.807) is 7.11 Å². The van der Waals surface area contributed by atoms with Crippen molar-refractivity contribution in [3.05, 3.63) is 17.7 Å². The molecule has 1 aromatic carbocycles. The van der Waals surface area contributed by atoms with E-state index >= 15 is 0 Å². The molecule has 1 fully saturated rings. The third-order valence-corrected chi connectivity index (χ3v) is 4.05. The van der Waals surface area contributed by atoms with Gasteiger partial charge in [0.25, 0.3) is 0 Å². The van der Waals surface area contributed by atoms with Gasteiger partial charge in [-0.05, 0) is 38.2 Å². The largest absolute Gasteiger partial charge is 0.496 e. The van der Waals surface area contributed by atoms with Gasteiger partial charge in [-0.1, -0.05) is 0 Å². The van der Waals surface area contributed by atoms with Crippen LogP contribution in [-0.2, 0) is 6.42 Å². The number of hydrogen-bond acceptors (Lipinski definition) is 3. The first-order valence-electron chi connectivity index (χ1n) is 7.08. The number of fused-ring (bicyclic) bond motifs is 1. The molecule has 0 bridgehead atoms. The fourth-order valence-corrected chi connectivity index (χ4v) is 3.05. The zero-order valence-electron chi connectivity index (χ0n) is 11.2. The van der Waals surface area contributed by atoms with Crippen molar-refractivity contribution in [2.75, 3.05) is 37.0 Å². The van der Waals surface area contributed by atoms with Crippen molar-refractivity contribution >= 4 is 11.4 Å². The fraction of sp³-hybridized carbons (Fsp3) is 0.600. The molecule has 0 aliphatic carbocycles. The number of piperidine rings is 1. The van der Waals surface area contributed by atoms with Crippen molar-refractivity contribution in [2.45, 2.75) is 32.1 Å².